The first kappa shape index (κ1) is 14.0. The standard InChI is InChI=1S/C17H17NO2/c1-18(20)17(19)12-11-15-9-5-6-10-16(15)13-14-7-3-2-4-8-14/h2-12,20H,13H2,1H3/b12-11+. The Hall–Kier alpha value is -2.39. The lowest BCUT2D eigenvalue weighted by Gasteiger charge is -2.07. The lowest BCUT2D eigenvalue weighted by Crippen LogP contribution is -2.19. The molecule has 0 aromatic heterocycles. The summed E-state index contributed by atoms with van der Waals surface area (Å²) in [5, 5.41) is 9.60. The average molecular weight is 267 g/mol. The summed E-state index contributed by atoms with van der Waals surface area (Å²) in [6.45, 7) is 0. The maximum atomic E-state index is 11.4. The van der Waals surface area contributed by atoms with Gasteiger partial charge in [-0.2, -0.15) is 0 Å². The molecule has 20 heavy (non-hydrogen) atoms. The Kier molecular flexibility index (Phi) is 4.69. The third kappa shape index (κ3) is 3.80. The molecule has 3 heteroatoms. The molecule has 0 aliphatic heterocycles. The van der Waals surface area contributed by atoms with Gasteiger partial charge in [0.25, 0.3) is 5.91 Å². The van der Waals surface area contributed by atoms with Gasteiger partial charge in [0.15, 0.2) is 0 Å². The molecule has 102 valence electrons. The summed E-state index contributed by atoms with van der Waals surface area (Å²) in [6, 6.07) is 18.1. The van der Waals surface area contributed by atoms with E-state index in [0.717, 1.165) is 17.5 Å². The number of hydroxylamine groups is 2. The number of hydrogen-bond acceptors (Lipinski definition) is 2. The van der Waals surface area contributed by atoms with Crippen molar-refractivity contribution in [2.45, 2.75) is 6.42 Å². The van der Waals surface area contributed by atoms with Gasteiger partial charge >= 0.3 is 0 Å². The quantitative estimate of drug-likeness (QED) is 0.525. The van der Waals surface area contributed by atoms with Crippen molar-refractivity contribution in [2.75, 3.05) is 7.05 Å². The highest BCUT2D eigenvalue weighted by atomic mass is 16.5. The van der Waals surface area contributed by atoms with Crippen molar-refractivity contribution in [2.24, 2.45) is 0 Å². The van der Waals surface area contributed by atoms with Crippen LogP contribution in [-0.2, 0) is 11.2 Å². The van der Waals surface area contributed by atoms with Crippen molar-refractivity contribution in [3.05, 3.63) is 77.4 Å². The third-order valence-electron chi connectivity index (χ3n) is 3.02. The molecule has 2 aromatic rings. The molecule has 2 aromatic carbocycles. The molecule has 0 aliphatic rings. The molecule has 0 saturated carbocycles. The van der Waals surface area contributed by atoms with Gasteiger partial charge in [0.1, 0.15) is 0 Å². The van der Waals surface area contributed by atoms with Crippen LogP contribution in [0, 0.1) is 0 Å². The zero-order valence-corrected chi connectivity index (χ0v) is 11.4. The molecule has 0 aliphatic carbocycles. The number of amides is 1. The maximum absolute atomic E-state index is 11.4. The van der Waals surface area contributed by atoms with Gasteiger partial charge in [-0.15, -0.1) is 0 Å². The summed E-state index contributed by atoms with van der Waals surface area (Å²) < 4.78 is 0. The van der Waals surface area contributed by atoms with Crippen LogP contribution < -0.4 is 0 Å². The molecule has 0 fully saturated rings. The van der Waals surface area contributed by atoms with Crippen LogP contribution in [0.25, 0.3) is 6.08 Å². The first-order chi connectivity index (χ1) is 9.66. The molecular weight excluding hydrogens is 250 g/mol. The molecule has 0 radical (unpaired) electrons. The molecule has 0 heterocycles. The van der Waals surface area contributed by atoms with Crippen molar-refractivity contribution in [1.29, 1.82) is 0 Å². The van der Waals surface area contributed by atoms with Crippen LogP contribution in [0.5, 0.6) is 0 Å². The number of carbonyl (C=O) groups is 1. The largest absolute Gasteiger partial charge is 0.286 e. The van der Waals surface area contributed by atoms with Crippen LogP contribution in [-0.4, -0.2) is 23.2 Å². The fourth-order valence-electron chi connectivity index (χ4n) is 1.94. The molecule has 0 saturated heterocycles. The second-order valence-corrected chi connectivity index (χ2v) is 4.56. The average Bonchev–Trinajstić information content (AvgIpc) is 2.47. The fraction of sp³-hybridized carbons (Fsp3) is 0.118. The van der Waals surface area contributed by atoms with Gasteiger partial charge in [-0.1, -0.05) is 54.6 Å². The predicted molar refractivity (Wildman–Crippen MR) is 79.3 cm³/mol. The summed E-state index contributed by atoms with van der Waals surface area (Å²) >= 11 is 0. The van der Waals surface area contributed by atoms with E-state index >= 15 is 0 Å². The Balaban J connectivity index is 2.20. The second-order valence-electron chi connectivity index (χ2n) is 4.56. The molecule has 0 bridgehead atoms. The van der Waals surface area contributed by atoms with E-state index in [1.807, 2.05) is 42.5 Å². The van der Waals surface area contributed by atoms with E-state index in [-0.39, 0.29) is 0 Å². The highest BCUT2D eigenvalue weighted by Gasteiger charge is 2.03. The Morgan fingerprint density at radius 1 is 1.10 bits per heavy atom. The van der Waals surface area contributed by atoms with Crippen LogP contribution in [0.15, 0.2) is 60.7 Å². The van der Waals surface area contributed by atoms with E-state index in [9.17, 15) is 4.79 Å². The van der Waals surface area contributed by atoms with Crippen LogP contribution in [0.1, 0.15) is 16.7 Å². The van der Waals surface area contributed by atoms with E-state index in [2.05, 4.69) is 12.1 Å². The molecule has 0 unspecified atom stereocenters. The van der Waals surface area contributed by atoms with Crippen LogP contribution in [0.2, 0.25) is 0 Å². The van der Waals surface area contributed by atoms with Crippen LogP contribution in [0.3, 0.4) is 0 Å². The highest BCUT2D eigenvalue weighted by molar-refractivity contribution is 5.90. The first-order valence-electron chi connectivity index (χ1n) is 6.43. The molecule has 0 atom stereocenters. The number of nitrogens with zero attached hydrogens (tertiary/aromatic N) is 1. The lowest BCUT2D eigenvalue weighted by atomic mass is 9.99. The zero-order chi connectivity index (χ0) is 14.4. The topological polar surface area (TPSA) is 40.5 Å². The smallest absolute Gasteiger partial charge is 0.269 e. The number of benzene rings is 2. The van der Waals surface area contributed by atoms with Crippen molar-refractivity contribution in [1.82, 2.24) is 5.06 Å². The molecular formula is C17H17NO2. The summed E-state index contributed by atoms with van der Waals surface area (Å²) in [6.07, 6.45) is 3.90. The monoisotopic (exact) mass is 267 g/mol. The van der Waals surface area contributed by atoms with Gasteiger partial charge in [0.05, 0.1) is 0 Å². The minimum Gasteiger partial charge on any atom is -0.286 e. The van der Waals surface area contributed by atoms with E-state index in [1.54, 1.807) is 6.08 Å². The molecule has 3 nitrogen and oxygen atoms in total. The Morgan fingerprint density at radius 2 is 1.75 bits per heavy atom. The van der Waals surface area contributed by atoms with E-state index in [0.29, 0.717) is 5.06 Å². The van der Waals surface area contributed by atoms with Gasteiger partial charge in [-0.05, 0) is 29.2 Å². The number of hydrogen-bond donors (Lipinski definition) is 1. The van der Waals surface area contributed by atoms with Gasteiger partial charge in [0, 0.05) is 13.1 Å². The first-order valence-corrected chi connectivity index (χ1v) is 6.43. The molecule has 2 rings (SSSR count). The van der Waals surface area contributed by atoms with E-state index in [1.165, 1.54) is 18.7 Å². The van der Waals surface area contributed by atoms with Crippen molar-refractivity contribution >= 4 is 12.0 Å². The number of carbonyl (C=O) groups excluding carboxylic acids is 1. The van der Waals surface area contributed by atoms with Crippen LogP contribution in [0.4, 0.5) is 0 Å². The highest BCUT2D eigenvalue weighted by Crippen LogP contribution is 2.15. The maximum Gasteiger partial charge on any atom is 0.269 e. The zero-order valence-electron chi connectivity index (χ0n) is 11.4. The Morgan fingerprint density at radius 3 is 2.45 bits per heavy atom. The van der Waals surface area contributed by atoms with Gasteiger partial charge in [-0.3, -0.25) is 10.0 Å². The molecule has 0 spiro atoms. The van der Waals surface area contributed by atoms with Crippen molar-refractivity contribution in [3.63, 3.8) is 0 Å². The lowest BCUT2D eigenvalue weighted by molar-refractivity contribution is -0.153. The minimum absolute atomic E-state index is 0.445. The third-order valence-corrected chi connectivity index (χ3v) is 3.02. The van der Waals surface area contributed by atoms with Gasteiger partial charge in [0.2, 0.25) is 0 Å². The number of rotatable bonds is 4. The predicted octanol–water partition coefficient (Wildman–Crippen LogP) is 3.14. The molecule has 1 amide bonds. The van der Waals surface area contributed by atoms with Crippen molar-refractivity contribution in [3.8, 4) is 0 Å². The summed E-state index contributed by atoms with van der Waals surface area (Å²) in [4.78, 5) is 11.4. The number of likely N-dealkylation sites (N-methyl/N-ethyl adjacent to an activating group) is 1. The Labute approximate surface area is 118 Å². The Bertz CT molecular complexity index is 603. The van der Waals surface area contributed by atoms with Gasteiger partial charge in [-0.25, -0.2) is 5.06 Å². The normalized spacial score (nSPS) is 10.7. The summed E-state index contributed by atoms with van der Waals surface area (Å²) in [5.74, 6) is -0.445. The minimum atomic E-state index is -0.445. The van der Waals surface area contributed by atoms with E-state index < -0.39 is 5.91 Å². The summed E-state index contributed by atoms with van der Waals surface area (Å²) in [7, 11) is 1.31. The van der Waals surface area contributed by atoms with E-state index in [4.69, 9.17) is 5.21 Å². The van der Waals surface area contributed by atoms with Crippen LogP contribution >= 0.6 is 0 Å². The van der Waals surface area contributed by atoms with Crippen molar-refractivity contribution < 1.29 is 10.0 Å². The van der Waals surface area contributed by atoms with Gasteiger partial charge < -0.3 is 0 Å². The SMILES string of the molecule is CN(O)C(=O)/C=C/c1ccccc1Cc1ccccc1. The molecule has 1 N–H and O–H groups in total. The second kappa shape index (κ2) is 6.68. The fourth-order valence-corrected chi connectivity index (χ4v) is 1.94. The summed E-state index contributed by atoms with van der Waals surface area (Å²) in [5.41, 5.74) is 3.34.